The molecule has 0 saturated carbocycles. The van der Waals surface area contributed by atoms with Crippen molar-refractivity contribution >= 4 is 11.3 Å². The molecule has 0 amide bonds. The summed E-state index contributed by atoms with van der Waals surface area (Å²) < 4.78 is 40.0. The van der Waals surface area contributed by atoms with Gasteiger partial charge < -0.3 is 4.74 Å². The van der Waals surface area contributed by atoms with Gasteiger partial charge in [0, 0.05) is 0 Å². The standard InChI is InChI=1S/C13H13F3N2OS/c14-13(15,16)19-11-3-1-10(2-4-11)12(18-17)7-9-5-6-20-8-9/h1-6,8,12,18H,7,17H2. The van der Waals surface area contributed by atoms with E-state index < -0.39 is 6.36 Å². The summed E-state index contributed by atoms with van der Waals surface area (Å²) in [5.74, 6) is 5.26. The number of rotatable bonds is 5. The Morgan fingerprint density at radius 3 is 2.40 bits per heavy atom. The molecule has 1 aromatic carbocycles. The number of ether oxygens (including phenoxy) is 1. The van der Waals surface area contributed by atoms with Crippen LogP contribution in [0.1, 0.15) is 17.2 Å². The molecular formula is C13H13F3N2OS. The lowest BCUT2D eigenvalue weighted by Gasteiger charge is -2.16. The van der Waals surface area contributed by atoms with E-state index in [0.717, 1.165) is 11.1 Å². The van der Waals surface area contributed by atoms with Crippen molar-refractivity contribution < 1.29 is 17.9 Å². The van der Waals surface area contributed by atoms with E-state index in [1.165, 1.54) is 12.1 Å². The molecule has 108 valence electrons. The van der Waals surface area contributed by atoms with Gasteiger partial charge in [0.2, 0.25) is 0 Å². The van der Waals surface area contributed by atoms with E-state index in [-0.39, 0.29) is 11.8 Å². The van der Waals surface area contributed by atoms with Crippen LogP contribution in [0.3, 0.4) is 0 Å². The van der Waals surface area contributed by atoms with Crippen LogP contribution < -0.4 is 16.0 Å². The summed E-state index contributed by atoms with van der Waals surface area (Å²) in [7, 11) is 0. The quantitative estimate of drug-likeness (QED) is 0.657. The van der Waals surface area contributed by atoms with E-state index in [1.54, 1.807) is 23.5 Å². The summed E-state index contributed by atoms with van der Waals surface area (Å²) in [5, 5.41) is 3.97. The lowest BCUT2D eigenvalue weighted by Crippen LogP contribution is -2.29. The largest absolute Gasteiger partial charge is 0.573 e. The SMILES string of the molecule is NNC(Cc1ccsc1)c1ccc(OC(F)(F)F)cc1. The van der Waals surface area contributed by atoms with E-state index in [9.17, 15) is 13.2 Å². The molecule has 20 heavy (non-hydrogen) atoms. The molecular weight excluding hydrogens is 289 g/mol. The first-order valence-electron chi connectivity index (χ1n) is 5.81. The molecule has 0 spiro atoms. The Kier molecular flexibility index (Phi) is 4.64. The summed E-state index contributed by atoms with van der Waals surface area (Å²) in [6.45, 7) is 0. The molecule has 2 rings (SSSR count). The van der Waals surface area contributed by atoms with Gasteiger partial charge in [0.25, 0.3) is 0 Å². The van der Waals surface area contributed by atoms with Crippen molar-refractivity contribution in [2.24, 2.45) is 5.84 Å². The molecule has 1 heterocycles. The highest BCUT2D eigenvalue weighted by Gasteiger charge is 2.31. The Balaban J connectivity index is 2.07. The summed E-state index contributed by atoms with van der Waals surface area (Å²) in [4.78, 5) is 0. The second-order valence-corrected chi connectivity index (χ2v) is 4.95. The number of halogens is 3. The molecule has 2 aromatic rings. The van der Waals surface area contributed by atoms with Crippen molar-refractivity contribution in [3.05, 3.63) is 52.2 Å². The van der Waals surface area contributed by atoms with E-state index in [4.69, 9.17) is 5.84 Å². The van der Waals surface area contributed by atoms with Crippen LogP contribution >= 0.6 is 11.3 Å². The van der Waals surface area contributed by atoms with Crippen LogP contribution in [-0.2, 0) is 6.42 Å². The maximum absolute atomic E-state index is 12.1. The maximum Gasteiger partial charge on any atom is 0.573 e. The molecule has 0 saturated heterocycles. The third kappa shape index (κ3) is 4.22. The topological polar surface area (TPSA) is 47.3 Å². The van der Waals surface area contributed by atoms with Crippen LogP contribution in [0.25, 0.3) is 0 Å². The second-order valence-electron chi connectivity index (χ2n) is 4.17. The van der Waals surface area contributed by atoms with Gasteiger partial charge in [0.05, 0.1) is 6.04 Å². The monoisotopic (exact) mass is 302 g/mol. The van der Waals surface area contributed by atoms with Gasteiger partial charge in [-0.25, -0.2) is 0 Å². The maximum atomic E-state index is 12.1. The molecule has 0 radical (unpaired) electrons. The molecule has 3 N–H and O–H groups in total. The molecule has 1 aromatic heterocycles. The molecule has 7 heteroatoms. The molecule has 0 aliphatic rings. The molecule has 1 unspecified atom stereocenters. The number of benzene rings is 1. The third-order valence-corrected chi connectivity index (χ3v) is 3.47. The van der Waals surface area contributed by atoms with Crippen molar-refractivity contribution in [1.29, 1.82) is 0 Å². The zero-order valence-electron chi connectivity index (χ0n) is 10.4. The number of hydrogen-bond acceptors (Lipinski definition) is 4. The van der Waals surface area contributed by atoms with Gasteiger partial charge >= 0.3 is 6.36 Å². The van der Waals surface area contributed by atoms with E-state index >= 15 is 0 Å². The summed E-state index contributed by atoms with van der Waals surface area (Å²) in [5.41, 5.74) is 4.58. The fraction of sp³-hybridized carbons (Fsp3) is 0.231. The molecule has 3 nitrogen and oxygen atoms in total. The first-order valence-corrected chi connectivity index (χ1v) is 6.75. The molecule has 0 aliphatic heterocycles. The Morgan fingerprint density at radius 1 is 1.20 bits per heavy atom. The van der Waals surface area contributed by atoms with Crippen LogP contribution in [0.2, 0.25) is 0 Å². The number of nitrogens with one attached hydrogen (secondary N) is 1. The van der Waals surface area contributed by atoms with Crippen molar-refractivity contribution in [2.45, 2.75) is 18.8 Å². The van der Waals surface area contributed by atoms with Gasteiger partial charge in [-0.2, -0.15) is 11.3 Å². The zero-order valence-corrected chi connectivity index (χ0v) is 11.2. The van der Waals surface area contributed by atoms with Crippen molar-refractivity contribution in [1.82, 2.24) is 5.43 Å². The first-order chi connectivity index (χ1) is 9.48. The number of alkyl halides is 3. The van der Waals surface area contributed by atoms with E-state index in [2.05, 4.69) is 10.2 Å². The second kappa shape index (κ2) is 6.25. The molecule has 0 fully saturated rings. The highest BCUT2D eigenvalue weighted by molar-refractivity contribution is 7.07. The zero-order chi connectivity index (χ0) is 14.6. The van der Waals surface area contributed by atoms with Crippen LogP contribution in [-0.4, -0.2) is 6.36 Å². The Morgan fingerprint density at radius 2 is 1.90 bits per heavy atom. The fourth-order valence-corrected chi connectivity index (χ4v) is 2.50. The lowest BCUT2D eigenvalue weighted by molar-refractivity contribution is -0.274. The predicted molar refractivity (Wildman–Crippen MR) is 71.2 cm³/mol. The molecule has 1 atom stereocenters. The predicted octanol–water partition coefficient (Wildman–Crippen LogP) is 3.39. The first kappa shape index (κ1) is 14.8. The van der Waals surface area contributed by atoms with Crippen molar-refractivity contribution in [3.8, 4) is 5.75 Å². The molecule has 0 aliphatic carbocycles. The average Bonchev–Trinajstić information content (AvgIpc) is 2.88. The summed E-state index contributed by atoms with van der Waals surface area (Å²) in [6.07, 6.45) is -4.01. The van der Waals surface area contributed by atoms with Crippen LogP contribution in [0, 0.1) is 0 Å². The van der Waals surface area contributed by atoms with Gasteiger partial charge in [0.1, 0.15) is 5.75 Å². The van der Waals surface area contributed by atoms with Gasteiger partial charge in [-0.3, -0.25) is 11.3 Å². The minimum Gasteiger partial charge on any atom is -0.406 e. The van der Waals surface area contributed by atoms with Gasteiger partial charge in [-0.15, -0.1) is 13.2 Å². The third-order valence-electron chi connectivity index (χ3n) is 2.74. The van der Waals surface area contributed by atoms with Crippen LogP contribution in [0.5, 0.6) is 5.75 Å². The van der Waals surface area contributed by atoms with E-state index in [0.29, 0.717) is 6.42 Å². The van der Waals surface area contributed by atoms with Gasteiger partial charge in [-0.1, -0.05) is 12.1 Å². The van der Waals surface area contributed by atoms with Crippen molar-refractivity contribution in [3.63, 3.8) is 0 Å². The smallest absolute Gasteiger partial charge is 0.406 e. The fourth-order valence-electron chi connectivity index (χ4n) is 1.82. The summed E-state index contributed by atoms with van der Waals surface area (Å²) >= 11 is 1.58. The van der Waals surface area contributed by atoms with Crippen molar-refractivity contribution in [2.75, 3.05) is 0 Å². The number of nitrogens with two attached hydrogens (primary N) is 1. The number of thiophene rings is 1. The Hall–Kier alpha value is -1.57. The number of hydrogen-bond donors (Lipinski definition) is 2. The van der Waals surface area contributed by atoms with E-state index in [1.807, 2.05) is 16.8 Å². The minimum atomic E-state index is -4.68. The van der Waals surface area contributed by atoms with Crippen LogP contribution in [0.4, 0.5) is 13.2 Å². The number of hydrazine groups is 1. The Bertz CT molecular complexity index is 526. The Labute approximate surface area is 118 Å². The lowest BCUT2D eigenvalue weighted by atomic mass is 10.0. The van der Waals surface area contributed by atoms with Gasteiger partial charge in [-0.05, 0) is 46.5 Å². The van der Waals surface area contributed by atoms with Gasteiger partial charge in [0.15, 0.2) is 0 Å². The van der Waals surface area contributed by atoms with Crippen LogP contribution in [0.15, 0.2) is 41.1 Å². The molecule has 0 bridgehead atoms. The average molecular weight is 302 g/mol. The summed E-state index contributed by atoms with van der Waals surface area (Å²) in [6, 6.07) is 7.51. The minimum absolute atomic E-state index is 0.162. The normalized spacial score (nSPS) is 13.2. The highest BCUT2D eigenvalue weighted by Crippen LogP contribution is 2.25. The highest BCUT2D eigenvalue weighted by atomic mass is 32.1.